The number of anilines is 1. The molecule has 0 aliphatic heterocycles. The van der Waals surface area contributed by atoms with Gasteiger partial charge in [-0.1, -0.05) is 0 Å². The molecule has 0 unspecified atom stereocenters. The van der Waals surface area contributed by atoms with Gasteiger partial charge < -0.3 is 10.5 Å². The summed E-state index contributed by atoms with van der Waals surface area (Å²) in [5.41, 5.74) is 3.67. The molecule has 0 saturated carbocycles. The van der Waals surface area contributed by atoms with Gasteiger partial charge in [0.05, 0.1) is 17.1 Å². The highest BCUT2D eigenvalue weighted by Crippen LogP contribution is 2.26. The van der Waals surface area contributed by atoms with Gasteiger partial charge in [-0.2, -0.15) is 0 Å². The molecule has 0 fully saturated rings. The summed E-state index contributed by atoms with van der Waals surface area (Å²) in [5.74, 6) is -1.85. The van der Waals surface area contributed by atoms with Crippen molar-refractivity contribution in [3.8, 4) is 0 Å². The predicted octanol–water partition coefficient (Wildman–Crippen LogP) is 1.49. The topological polar surface area (TPSA) is 95.5 Å². The molecule has 2 N–H and O–H groups in total. The van der Waals surface area contributed by atoms with E-state index in [1.54, 1.807) is 6.92 Å². The molecule has 16 heavy (non-hydrogen) atoms. The Balaban J connectivity index is 3.24. The van der Waals surface area contributed by atoms with Crippen LogP contribution in [0.1, 0.15) is 17.3 Å². The fourth-order valence-corrected chi connectivity index (χ4v) is 1.09. The largest absolute Gasteiger partial charge is 0.462 e. The summed E-state index contributed by atoms with van der Waals surface area (Å²) in [6, 6.07) is 1.69. The zero-order valence-corrected chi connectivity index (χ0v) is 8.40. The van der Waals surface area contributed by atoms with Gasteiger partial charge in [-0.3, -0.25) is 10.1 Å². The molecule has 1 aromatic rings. The van der Waals surface area contributed by atoms with Gasteiger partial charge in [-0.25, -0.2) is 9.18 Å². The summed E-state index contributed by atoms with van der Waals surface area (Å²) in [6.45, 7) is 1.67. The second-order valence-electron chi connectivity index (χ2n) is 2.87. The van der Waals surface area contributed by atoms with E-state index in [1.165, 1.54) is 0 Å². The van der Waals surface area contributed by atoms with Crippen LogP contribution in [0, 0.1) is 15.9 Å². The lowest BCUT2D eigenvalue weighted by molar-refractivity contribution is -0.384. The van der Waals surface area contributed by atoms with E-state index < -0.39 is 28.1 Å². The smallest absolute Gasteiger partial charge is 0.338 e. The van der Waals surface area contributed by atoms with Gasteiger partial charge >= 0.3 is 5.97 Å². The zero-order valence-electron chi connectivity index (χ0n) is 8.40. The highest BCUT2D eigenvalue weighted by Gasteiger charge is 2.20. The highest BCUT2D eigenvalue weighted by atomic mass is 19.1. The molecule has 0 aliphatic carbocycles. The first-order valence-corrected chi connectivity index (χ1v) is 4.38. The minimum Gasteiger partial charge on any atom is -0.462 e. The Hall–Kier alpha value is -2.18. The van der Waals surface area contributed by atoms with Crippen LogP contribution in [0.5, 0.6) is 0 Å². The Morgan fingerprint density at radius 2 is 2.25 bits per heavy atom. The van der Waals surface area contributed by atoms with Gasteiger partial charge in [0.2, 0.25) is 0 Å². The van der Waals surface area contributed by atoms with Crippen LogP contribution < -0.4 is 5.73 Å². The summed E-state index contributed by atoms with van der Waals surface area (Å²) in [7, 11) is 0. The molecule has 0 saturated heterocycles. The molecule has 0 spiro atoms. The van der Waals surface area contributed by atoms with Crippen molar-refractivity contribution in [2.45, 2.75) is 6.92 Å². The molecular weight excluding hydrogens is 219 g/mol. The third-order valence-corrected chi connectivity index (χ3v) is 1.82. The van der Waals surface area contributed by atoms with Crippen molar-refractivity contribution in [1.29, 1.82) is 0 Å². The first-order valence-electron chi connectivity index (χ1n) is 4.38. The van der Waals surface area contributed by atoms with Gasteiger partial charge in [-0.15, -0.1) is 0 Å². The molecule has 0 aromatic heterocycles. The summed E-state index contributed by atoms with van der Waals surface area (Å²) in [4.78, 5) is 20.9. The SMILES string of the molecule is CCOC(=O)c1cc(F)c(N)c([N+](=O)[O-])c1. The van der Waals surface area contributed by atoms with Crippen LogP contribution in [-0.4, -0.2) is 17.5 Å². The Kier molecular flexibility index (Phi) is 3.39. The number of benzene rings is 1. The number of nitro benzene ring substituents is 1. The molecular formula is C9H9FN2O4. The third-order valence-electron chi connectivity index (χ3n) is 1.82. The normalized spacial score (nSPS) is 9.88. The second-order valence-corrected chi connectivity index (χ2v) is 2.87. The lowest BCUT2D eigenvalue weighted by atomic mass is 10.1. The van der Waals surface area contributed by atoms with Crippen LogP contribution in [0.15, 0.2) is 12.1 Å². The Labute approximate surface area is 90.0 Å². The lowest BCUT2D eigenvalue weighted by Crippen LogP contribution is -2.08. The molecule has 86 valence electrons. The maximum absolute atomic E-state index is 13.2. The van der Waals surface area contributed by atoms with Gasteiger partial charge in [0.1, 0.15) is 5.69 Å². The molecule has 7 heteroatoms. The number of ether oxygens (including phenoxy) is 1. The number of rotatable bonds is 3. The minimum atomic E-state index is -1.02. The zero-order chi connectivity index (χ0) is 12.3. The maximum Gasteiger partial charge on any atom is 0.338 e. The van der Waals surface area contributed by atoms with Crippen molar-refractivity contribution in [3.63, 3.8) is 0 Å². The van der Waals surface area contributed by atoms with E-state index in [1.807, 2.05) is 0 Å². The monoisotopic (exact) mass is 228 g/mol. The van der Waals surface area contributed by atoms with Gasteiger partial charge in [0.25, 0.3) is 5.69 Å². The number of halogens is 1. The molecule has 0 aliphatic rings. The number of hydrogen-bond acceptors (Lipinski definition) is 5. The number of nitrogens with zero attached hydrogens (tertiary/aromatic N) is 1. The average molecular weight is 228 g/mol. The number of nitro groups is 1. The van der Waals surface area contributed by atoms with Crippen LogP contribution in [0.25, 0.3) is 0 Å². The van der Waals surface area contributed by atoms with Crippen molar-refractivity contribution in [2.24, 2.45) is 0 Å². The van der Waals surface area contributed by atoms with Crippen molar-refractivity contribution in [3.05, 3.63) is 33.6 Å². The number of nitrogens with two attached hydrogens (primary N) is 1. The van der Waals surface area contributed by atoms with Gasteiger partial charge in [0, 0.05) is 6.07 Å². The third kappa shape index (κ3) is 2.25. The summed E-state index contributed by atoms with van der Waals surface area (Å²) < 4.78 is 17.8. The number of carbonyl (C=O) groups is 1. The molecule has 0 bridgehead atoms. The number of carbonyl (C=O) groups excluding carboxylic acids is 1. The van der Waals surface area contributed by atoms with E-state index in [-0.39, 0.29) is 12.2 Å². The lowest BCUT2D eigenvalue weighted by Gasteiger charge is -2.04. The van der Waals surface area contributed by atoms with Crippen LogP contribution in [0.4, 0.5) is 15.8 Å². The van der Waals surface area contributed by atoms with Crippen LogP contribution in [-0.2, 0) is 4.74 Å². The van der Waals surface area contributed by atoms with Crippen LogP contribution >= 0.6 is 0 Å². The molecule has 1 aromatic carbocycles. The maximum atomic E-state index is 13.2. The number of nitrogen functional groups attached to an aromatic ring is 1. The molecule has 6 nitrogen and oxygen atoms in total. The molecule has 0 radical (unpaired) electrons. The first-order chi connectivity index (χ1) is 7.47. The standard InChI is InChI=1S/C9H9FN2O4/c1-2-16-9(13)5-3-6(10)8(11)7(4-5)12(14)15/h3-4H,2,11H2,1H3. The average Bonchev–Trinajstić information content (AvgIpc) is 2.21. The highest BCUT2D eigenvalue weighted by molar-refractivity contribution is 5.91. The number of esters is 1. The molecule has 1 rings (SSSR count). The Morgan fingerprint density at radius 1 is 1.62 bits per heavy atom. The summed E-state index contributed by atoms with van der Waals surface area (Å²) >= 11 is 0. The second kappa shape index (κ2) is 4.56. The van der Waals surface area contributed by atoms with Gasteiger partial charge in [-0.05, 0) is 13.0 Å². The fraction of sp³-hybridized carbons (Fsp3) is 0.222. The predicted molar refractivity (Wildman–Crippen MR) is 53.4 cm³/mol. The van der Waals surface area contributed by atoms with Crippen LogP contribution in [0.3, 0.4) is 0 Å². The van der Waals surface area contributed by atoms with Crippen LogP contribution in [0.2, 0.25) is 0 Å². The van der Waals surface area contributed by atoms with E-state index in [4.69, 9.17) is 5.73 Å². The van der Waals surface area contributed by atoms with Crippen molar-refractivity contribution >= 4 is 17.3 Å². The summed E-state index contributed by atoms with van der Waals surface area (Å²) in [5, 5.41) is 10.5. The van der Waals surface area contributed by atoms with E-state index in [0.29, 0.717) is 0 Å². The number of hydrogen-bond donors (Lipinski definition) is 1. The Morgan fingerprint density at radius 3 is 2.75 bits per heavy atom. The Bertz CT molecular complexity index is 447. The van der Waals surface area contributed by atoms with E-state index in [0.717, 1.165) is 12.1 Å². The first kappa shape index (κ1) is 11.9. The molecule has 0 atom stereocenters. The van der Waals surface area contributed by atoms with E-state index in [9.17, 15) is 19.3 Å². The van der Waals surface area contributed by atoms with Crippen molar-refractivity contribution in [2.75, 3.05) is 12.3 Å². The minimum absolute atomic E-state index is 0.0959. The van der Waals surface area contributed by atoms with Crippen molar-refractivity contribution < 1.29 is 18.8 Å². The molecule has 0 amide bonds. The van der Waals surface area contributed by atoms with Gasteiger partial charge in [0.15, 0.2) is 5.82 Å². The quantitative estimate of drug-likeness (QED) is 0.366. The van der Waals surface area contributed by atoms with E-state index >= 15 is 0 Å². The summed E-state index contributed by atoms with van der Waals surface area (Å²) in [6.07, 6.45) is 0. The fourth-order valence-electron chi connectivity index (χ4n) is 1.09. The van der Waals surface area contributed by atoms with E-state index in [2.05, 4.69) is 4.74 Å². The molecule has 0 heterocycles. The van der Waals surface area contributed by atoms with Crippen molar-refractivity contribution in [1.82, 2.24) is 0 Å².